The molecule has 0 aliphatic heterocycles. The third-order valence-electron chi connectivity index (χ3n) is 8.85. The van der Waals surface area contributed by atoms with Crippen molar-refractivity contribution >= 4 is 13.7 Å². The topological polar surface area (TPSA) is 108 Å². The summed E-state index contributed by atoms with van der Waals surface area (Å²) in [6.07, 6.45) is 29.5. The minimum atomic E-state index is -4.55. The maximum atomic E-state index is 12.8. The third kappa shape index (κ3) is 32.1. The fourth-order valence-electron chi connectivity index (χ4n) is 5.69. The zero-order valence-electron chi connectivity index (χ0n) is 31.0. The van der Waals surface area contributed by atoms with Gasteiger partial charge in [-0.2, -0.15) is 0 Å². The number of unbranched alkanes of at least 4 members (excludes halogenated alkanes) is 22. The van der Waals surface area contributed by atoms with Crippen molar-refractivity contribution in [2.24, 2.45) is 0 Å². The van der Waals surface area contributed by atoms with Gasteiger partial charge in [0.2, 0.25) is 5.91 Å². The smallest absolute Gasteiger partial charge is 0.268 e. The zero-order valence-corrected chi connectivity index (χ0v) is 31.9. The van der Waals surface area contributed by atoms with Crippen molar-refractivity contribution in [2.75, 3.05) is 40.9 Å². The highest BCUT2D eigenvalue weighted by molar-refractivity contribution is 7.45. The first-order valence-electron chi connectivity index (χ1n) is 19.4. The highest BCUT2D eigenvalue weighted by Gasteiger charge is 2.24. The molecule has 1 amide bonds. The second-order valence-corrected chi connectivity index (χ2v) is 16.1. The molecule has 3 atom stereocenters. The van der Waals surface area contributed by atoms with Gasteiger partial charge in [0.1, 0.15) is 13.2 Å². The molecule has 2 N–H and O–H groups in total. The van der Waals surface area contributed by atoms with Crippen molar-refractivity contribution in [3.8, 4) is 0 Å². The molecule has 0 heterocycles. The Bertz CT molecular complexity index is 733. The Morgan fingerprint density at radius 1 is 0.674 bits per heavy atom. The maximum Gasteiger partial charge on any atom is 0.268 e. The van der Waals surface area contributed by atoms with Crippen molar-refractivity contribution in [1.82, 2.24) is 5.32 Å². The number of nitrogens with one attached hydrogen (secondary N) is 1. The van der Waals surface area contributed by atoms with E-state index in [4.69, 9.17) is 9.05 Å². The van der Waals surface area contributed by atoms with E-state index in [0.29, 0.717) is 23.9 Å². The molecule has 0 saturated carbocycles. The van der Waals surface area contributed by atoms with Gasteiger partial charge in [-0.3, -0.25) is 9.36 Å². The van der Waals surface area contributed by atoms with Crippen LogP contribution in [0.2, 0.25) is 0 Å². The predicted octanol–water partition coefficient (Wildman–Crippen LogP) is 9.22. The summed E-state index contributed by atoms with van der Waals surface area (Å²) in [5, 5.41) is 13.8. The summed E-state index contributed by atoms with van der Waals surface area (Å²) in [4.78, 5) is 25.1. The van der Waals surface area contributed by atoms with Gasteiger partial charge in [-0.25, -0.2) is 0 Å². The van der Waals surface area contributed by atoms with E-state index < -0.39 is 20.0 Å². The summed E-state index contributed by atoms with van der Waals surface area (Å²) in [5.74, 6) is -0.165. The van der Waals surface area contributed by atoms with E-state index in [2.05, 4.69) is 19.2 Å². The molecule has 276 valence electrons. The fraction of sp³-hybridized carbons (Fsp3) is 0.973. The molecule has 46 heavy (non-hydrogen) atoms. The van der Waals surface area contributed by atoms with Gasteiger partial charge in [0.15, 0.2) is 0 Å². The number of likely N-dealkylation sites (N-methyl/N-ethyl adjacent to an activating group) is 1. The second kappa shape index (κ2) is 30.6. The first-order valence-corrected chi connectivity index (χ1v) is 20.8. The van der Waals surface area contributed by atoms with Gasteiger partial charge in [-0.15, -0.1) is 0 Å². The number of phosphoric ester groups is 1. The molecule has 0 rings (SSSR count). The van der Waals surface area contributed by atoms with Gasteiger partial charge in [0.25, 0.3) is 7.82 Å². The first kappa shape index (κ1) is 45.5. The summed E-state index contributed by atoms with van der Waals surface area (Å²) in [7, 11) is 1.31. The van der Waals surface area contributed by atoms with Gasteiger partial charge in [-0.1, -0.05) is 162 Å². The Morgan fingerprint density at radius 2 is 1.07 bits per heavy atom. The number of phosphoric acid groups is 1. The van der Waals surface area contributed by atoms with Crippen molar-refractivity contribution in [3.63, 3.8) is 0 Å². The molecule has 0 saturated heterocycles. The lowest BCUT2D eigenvalue weighted by atomic mass is 10.0. The Kier molecular flexibility index (Phi) is 30.2. The molecule has 0 spiro atoms. The van der Waals surface area contributed by atoms with E-state index in [1.807, 2.05) is 21.1 Å². The van der Waals surface area contributed by atoms with Crippen LogP contribution >= 0.6 is 7.82 Å². The molecular weight excluding hydrogens is 599 g/mol. The van der Waals surface area contributed by atoms with Crippen molar-refractivity contribution in [3.05, 3.63) is 0 Å². The molecule has 0 aliphatic carbocycles. The second-order valence-electron chi connectivity index (χ2n) is 14.6. The number of hydrogen-bond acceptors (Lipinski definition) is 6. The molecule has 0 radical (unpaired) electrons. The maximum absolute atomic E-state index is 12.8. The molecule has 0 bridgehead atoms. The quantitative estimate of drug-likeness (QED) is 0.0394. The lowest BCUT2D eigenvalue weighted by Gasteiger charge is -2.30. The standard InChI is InChI=1S/C37H77N2O6P/c1-6-8-10-12-14-16-18-19-21-23-25-27-29-31-37(41)38-35(34-45-46(42,43)44-33-32-39(3,4)5)36(40)30-28-26-24-22-20-17-15-13-11-9-7-2/h35-36,40H,6-34H2,1-5H3,(H-,38,41,42,43). The number of carbonyl (C=O) groups is 1. The molecular formula is C37H77N2O6P. The van der Waals surface area contributed by atoms with E-state index in [0.717, 1.165) is 38.5 Å². The molecule has 0 aromatic rings. The van der Waals surface area contributed by atoms with Crippen molar-refractivity contribution < 1.29 is 32.9 Å². The zero-order chi connectivity index (χ0) is 34.4. The first-order chi connectivity index (χ1) is 22.0. The summed E-state index contributed by atoms with van der Waals surface area (Å²) in [6, 6.07) is -0.790. The van der Waals surface area contributed by atoms with Gasteiger partial charge in [0, 0.05) is 6.42 Å². The predicted molar refractivity (Wildman–Crippen MR) is 192 cm³/mol. The molecule has 0 aromatic heterocycles. The minimum absolute atomic E-state index is 0.0155. The molecule has 3 unspecified atom stereocenters. The van der Waals surface area contributed by atoms with Crippen LogP contribution in [0.25, 0.3) is 0 Å². The fourth-order valence-corrected chi connectivity index (χ4v) is 6.41. The Balaban J connectivity index is 4.44. The van der Waals surface area contributed by atoms with Crippen LogP contribution in [0.15, 0.2) is 0 Å². The normalized spacial score (nSPS) is 14.7. The summed E-state index contributed by atoms with van der Waals surface area (Å²) >= 11 is 0. The Hall–Kier alpha value is -0.500. The van der Waals surface area contributed by atoms with E-state index in [1.165, 1.54) is 116 Å². The Morgan fingerprint density at radius 3 is 1.48 bits per heavy atom. The highest BCUT2D eigenvalue weighted by Crippen LogP contribution is 2.38. The molecule has 9 heteroatoms. The van der Waals surface area contributed by atoms with Gasteiger partial charge >= 0.3 is 0 Å². The van der Waals surface area contributed by atoms with E-state index in [1.54, 1.807) is 0 Å². The molecule has 8 nitrogen and oxygen atoms in total. The number of aliphatic hydroxyl groups is 1. The van der Waals surface area contributed by atoms with Crippen LogP contribution in [0.1, 0.15) is 181 Å². The van der Waals surface area contributed by atoms with Gasteiger partial charge < -0.3 is 28.8 Å². The monoisotopic (exact) mass is 677 g/mol. The number of amides is 1. The average Bonchev–Trinajstić information content (AvgIpc) is 2.99. The van der Waals surface area contributed by atoms with E-state index in [9.17, 15) is 19.4 Å². The lowest BCUT2D eigenvalue weighted by Crippen LogP contribution is -2.46. The van der Waals surface area contributed by atoms with Crippen LogP contribution in [0.3, 0.4) is 0 Å². The summed E-state index contributed by atoms with van der Waals surface area (Å²) in [6.45, 7) is 4.70. The van der Waals surface area contributed by atoms with Crippen molar-refractivity contribution in [1.29, 1.82) is 0 Å². The van der Waals surface area contributed by atoms with Crippen LogP contribution in [0.4, 0.5) is 0 Å². The third-order valence-corrected chi connectivity index (χ3v) is 9.81. The van der Waals surface area contributed by atoms with E-state index >= 15 is 0 Å². The van der Waals surface area contributed by atoms with Gasteiger partial charge in [-0.05, 0) is 12.8 Å². The lowest BCUT2D eigenvalue weighted by molar-refractivity contribution is -0.870. The number of nitrogens with zero attached hydrogens (tertiary/aromatic N) is 1. The number of hydrogen-bond donors (Lipinski definition) is 2. The largest absolute Gasteiger partial charge is 0.756 e. The van der Waals surface area contributed by atoms with Crippen LogP contribution < -0.4 is 10.2 Å². The molecule has 0 fully saturated rings. The number of carbonyl (C=O) groups excluding carboxylic acids is 1. The summed E-state index contributed by atoms with van der Waals surface area (Å²) < 4.78 is 23.1. The minimum Gasteiger partial charge on any atom is -0.756 e. The van der Waals surface area contributed by atoms with Crippen LogP contribution in [0, 0.1) is 0 Å². The van der Waals surface area contributed by atoms with Gasteiger partial charge in [0.05, 0.1) is 39.9 Å². The van der Waals surface area contributed by atoms with E-state index in [-0.39, 0.29) is 19.1 Å². The highest BCUT2D eigenvalue weighted by atomic mass is 31.2. The SMILES string of the molecule is CCCCCCCCCCCCCCCC(=O)NC(COP(=O)([O-])OCC[N+](C)(C)C)C(O)CCCCCCCCCCCCC. The summed E-state index contributed by atoms with van der Waals surface area (Å²) in [5.41, 5.74) is 0. The van der Waals surface area contributed by atoms with Crippen LogP contribution in [-0.2, 0) is 18.4 Å². The number of rotatable bonds is 35. The van der Waals surface area contributed by atoms with Crippen molar-refractivity contribution in [2.45, 2.75) is 193 Å². The Labute approximate surface area is 285 Å². The number of quaternary nitrogens is 1. The van der Waals surface area contributed by atoms with Crippen LogP contribution in [-0.4, -0.2) is 68.5 Å². The van der Waals surface area contributed by atoms with Crippen LogP contribution in [0.5, 0.6) is 0 Å². The number of aliphatic hydroxyl groups excluding tert-OH is 1. The molecule has 0 aromatic carbocycles. The molecule has 0 aliphatic rings. The average molecular weight is 677 g/mol.